The Balaban J connectivity index is 3.25. The van der Waals surface area contributed by atoms with E-state index in [4.69, 9.17) is 0 Å². The third-order valence-electron chi connectivity index (χ3n) is 8.09. The predicted octanol–water partition coefficient (Wildman–Crippen LogP) is 11.4. The molecule has 0 aromatic heterocycles. The van der Waals surface area contributed by atoms with E-state index < -0.39 is 0 Å². The lowest BCUT2D eigenvalue weighted by atomic mass is 10.0. The van der Waals surface area contributed by atoms with Crippen LogP contribution in [0, 0.1) is 0 Å². The molecule has 0 aliphatic heterocycles. The summed E-state index contributed by atoms with van der Waals surface area (Å²) in [5, 5.41) is 13.1. The second kappa shape index (κ2) is 33.4. The van der Waals surface area contributed by atoms with E-state index in [-0.39, 0.29) is 12.0 Å². The minimum Gasteiger partial charge on any atom is -0.393 e. The molecule has 0 aliphatic rings. The van der Waals surface area contributed by atoms with Crippen LogP contribution >= 0.6 is 0 Å². The standard InChI is InChI=1S/C36H71NO2/c1-3-5-7-9-10-11-12-13-14-15-16-17-20-23-26-30-34-37-36(39)33-29-25-22-19-18-21-24-28-32-35(38)31-27-8-6-4-2/h24,28,35,38H,3-23,25-27,29-34H2,1-2H3,(H,37,39)/b28-24-/t35-/m1/s1. The van der Waals surface area contributed by atoms with Crippen molar-refractivity contribution in [2.45, 2.75) is 206 Å². The molecule has 3 nitrogen and oxygen atoms in total. The minimum atomic E-state index is -0.159. The van der Waals surface area contributed by atoms with E-state index in [1.807, 2.05) is 0 Å². The molecule has 39 heavy (non-hydrogen) atoms. The molecule has 0 saturated heterocycles. The van der Waals surface area contributed by atoms with Gasteiger partial charge < -0.3 is 10.4 Å². The third-order valence-corrected chi connectivity index (χ3v) is 8.09. The summed E-state index contributed by atoms with van der Waals surface area (Å²) in [6.07, 6.45) is 40.8. The van der Waals surface area contributed by atoms with E-state index >= 15 is 0 Å². The fourth-order valence-electron chi connectivity index (χ4n) is 5.36. The Labute approximate surface area is 245 Å². The first-order valence-electron chi connectivity index (χ1n) is 17.8. The predicted molar refractivity (Wildman–Crippen MR) is 173 cm³/mol. The van der Waals surface area contributed by atoms with Gasteiger partial charge in [0.15, 0.2) is 0 Å². The summed E-state index contributed by atoms with van der Waals surface area (Å²) in [7, 11) is 0. The number of rotatable bonds is 32. The fourth-order valence-corrected chi connectivity index (χ4v) is 5.36. The highest BCUT2D eigenvalue weighted by Crippen LogP contribution is 2.14. The molecular weight excluding hydrogens is 478 g/mol. The summed E-state index contributed by atoms with van der Waals surface area (Å²) >= 11 is 0. The van der Waals surface area contributed by atoms with Crippen molar-refractivity contribution in [3.8, 4) is 0 Å². The second-order valence-corrected chi connectivity index (χ2v) is 12.2. The Morgan fingerprint density at radius 3 is 1.54 bits per heavy atom. The van der Waals surface area contributed by atoms with Crippen molar-refractivity contribution in [2.75, 3.05) is 6.54 Å². The first-order chi connectivity index (χ1) is 19.2. The lowest BCUT2D eigenvalue weighted by Gasteiger charge is -2.07. The van der Waals surface area contributed by atoms with Crippen molar-refractivity contribution in [1.82, 2.24) is 5.32 Å². The summed E-state index contributed by atoms with van der Waals surface area (Å²) in [6.45, 7) is 5.37. The van der Waals surface area contributed by atoms with Crippen molar-refractivity contribution in [1.29, 1.82) is 0 Å². The maximum absolute atomic E-state index is 12.0. The highest BCUT2D eigenvalue weighted by Gasteiger charge is 2.02. The van der Waals surface area contributed by atoms with Gasteiger partial charge in [0.2, 0.25) is 5.91 Å². The minimum absolute atomic E-state index is 0.159. The smallest absolute Gasteiger partial charge is 0.219 e. The van der Waals surface area contributed by atoms with Gasteiger partial charge in [0.1, 0.15) is 0 Å². The SMILES string of the molecule is CCCCCCCCCCCCCCCCCCNC(=O)CCCCCCC/C=C\C[C@H](O)CCCCCC. The van der Waals surface area contributed by atoms with E-state index in [0.29, 0.717) is 6.42 Å². The highest BCUT2D eigenvalue weighted by molar-refractivity contribution is 5.75. The zero-order valence-corrected chi connectivity index (χ0v) is 26.8. The summed E-state index contributed by atoms with van der Waals surface area (Å²) in [6, 6.07) is 0. The van der Waals surface area contributed by atoms with Gasteiger partial charge in [0.05, 0.1) is 6.10 Å². The number of amides is 1. The Bertz CT molecular complexity index is 504. The van der Waals surface area contributed by atoms with Crippen LogP contribution in [0.5, 0.6) is 0 Å². The average molecular weight is 550 g/mol. The number of aliphatic hydroxyl groups excluding tert-OH is 1. The van der Waals surface area contributed by atoms with Gasteiger partial charge in [-0.15, -0.1) is 0 Å². The molecule has 0 fully saturated rings. The van der Waals surface area contributed by atoms with E-state index in [1.54, 1.807) is 0 Å². The lowest BCUT2D eigenvalue weighted by Crippen LogP contribution is -2.23. The van der Waals surface area contributed by atoms with Gasteiger partial charge in [-0.3, -0.25) is 4.79 Å². The van der Waals surface area contributed by atoms with E-state index in [2.05, 4.69) is 31.3 Å². The number of carbonyl (C=O) groups is 1. The quantitative estimate of drug-likeness (QED) is 0.0647. The van der Waals surface area contributed by atoms with Gasteiger partial charge in [0.25, 0.3) is 0 Å². The van der Waals surface area contributed by atoms with E-state index in [1.165, 1.54) is 135 Å². The molecule has 0 aromatic carbocycles. The summed E-state index contributed by atoms with van der Waals surface area (Å²) in [5.41, 5.74) is 0. The molecule has 0 unspecified atom stereocenters. The Hall–Kier alpha value is -0.830. The summed E-state index contributed by atoms with van der Waals surface area (Å²) < 4.78 is 0. The van der Waals surface area contributed by atoms with Crippen molar-refractivity contribution >= 4 is 5.91 Å². The molecule has 1 amide bonds. The Morgan fingerprint density at radius 2 is 1.00 bits per heavy atom. The molecule has 232 valence electrons. The zero-order chi connectivity index (χ0) is 28.5. The van der Waals surface area contributed by atoms with Gasteiger partial charge in [0, 0.05) is 13.0 Å². The van der Waals surface area contributed by atoms with Gasteiger partial charge in [-0.1, -0.05) is 167 Å². The van der Waals surface area contributed by atoms with Crippen molar-refractivity contribution < 1.29 is 9.90 Å². The van der Waals surface area contributed by atoms with Crippen molar-refractivity contribution in [3.63, 3.8) is 0 Å². The second-order valence-electron chi connectivity index (χ2n) is 12.2. The Kier molecular flexibility index (Phi) is 32.7. The first kappa shape index (κ1) is 38.2. The fraction of sp³-hybridized carbons (Fsp3) is 0.917. The molecular formula is C36H71NO2. The number of aliphatic hydroxyl groups is 1. The molecule has 0 bridgehead atoms. The van der Waals surface area contributed by atoms with Crippen LogP contribution in [0.15, 0.2) is 12.2 Å². The van der Waals surface area contributed by atoms with Crippen LogP contribution in [-0.4, -0.2) is 23.7 Å². The highest BCUT2D eigenvalue weighted by atomic mass is 16.3. The topological polar surface area (TPSA) is 49.3 Å². The summed E-state index contributed by atoms with van der Waals surface area (Å²) in [5.74, 6) is 0.243. The number of nitrogens with one attached hydrogen (secondary N) is 1. The van der Waals surface area contributed by atoms with Crippen LogP contribution in [0.3, 0.4) is 0 Å². The maximum Gasteiger partial charge on any atom is 0.219 e. The van der Waals surface area contributed by atoms with Gasteiger partial charge in [-0.2, -0.15) is 0 Å². The molecule has 0 rings (SSSR count). The van der Waals surface area contributed by atoms with Gasteiger partial charge >= 0.3 is 0 Å². The molecule has 0 aromatic rings. The molecule has 1 atom stereocenters. The lowest BCUT2D eigenvalue weighted by molar-refractivity contribution is -0.121. The number of unbranched alkanes of at least 4 members (excludes halogenated alkanes) is 23. The third kappa shape index (κ3) is 33.3. The van der Waals surface area contributed by atoms with Crippen molar-refractivity contribution in [3.05, 3.63) is 12.2 Å². The molecule has 0 saturated carbocycles. The molecule has 0 spiro atoms. The maximum atomic E-state index is 12.0. The van der Waals surface area contributed by atoms with Crippen LogP contribution in [-0.2, 0) is 4.79 Å². The number of carbonyl (C=O) groups excluding carboxylic acids is 1. The van der Waals surface area contributed by atoms with E-state index in [9.17, 15) is 9.90 Å². The van der Waals surface area contributed by atoms with Gasteiger partial charge in [-0.25, -0.2) is 0 Å². The van der Waals surface area contributed by atoms with Gasteiger partial charge in [-0.05, 0) is 38.5 Å². The molecule has 3 heteroatoms. The molecule has 0 heterocycles. The van der Waals surface area contributed by atoms with Crippen LogP contribution in [0.25, 0.3) is 0 Å². The van der Waals surface area contributed by atoms with Crippen LogP contribution < -0.4 is 5.32 Å². The largest absolute Gasteiger partial charge is 0.393 e. The first-order valence-corrected chi connectivity index (χ1v) is 17.8. The monoisotopic (exact) mass is 550 g/mol. The zero-order valence-electron chi connectivity index (χ0n) is 26.8. The summed E-state index contributed by atoms with van der Waals surface area (Å²) in [4.78, 5) is 12.0. The number of allylic oxidation sites excluding steroid dienone is 1. The Morgan fingerprint density at radius 1 is 0.564 bits per heavy atom. The molecule has 0 aliphatic carbocycles. The number of hydrogen-bond acceptors (Lipinski definition) is 2. The average Bonchev–Trinajstić information content (AvgIpc) is 2.93. The van der Waals surface area contributed by atoms with Crippen LogP contribution in [0.2, 0.25) is 0 Å². The molecule has 0 radical (unpaired) electrons. The normalized spacial score (nSPS) is 12.4. The van der Waals surface area contributed by atoms with Crippen molar-refractivity contribution in [2.24, 2.45) is 0 Å². The number of hydrogen-bond donors (Lipinski definition) is 2. The molecule has 2 N–H and O–H groups in total. The van der Waals surface area contributed by atoms with E-state index in [0.717, 1.165) is 51.5 Å². The van der Waals surface area contributed by atoms with Crippen LogP contribution in [0.4, 0.5) is 0 Å². The van der Waals surface area contributed by atoms with Crippen LogP contribution in [0.1, 0.15) is 200 Å².